The number of nitriles is 1. The Morgan fingerprint density at radius 2 is 2.27 bits per heavy atom. The first-order chi connectivity index (χ1) is 10.3. The zero-order valence-corrected chi connectivity index (χ0v) is 11.8. The standard InChI is InChI=1S/C14H14F3N5/c1-8-2-3-22(8)13-10(7-20)11(14(15,16)17)4-12(21-13)9(5-18)6-19/h4-6,8,18H,2-3,19H2,1H3/t8-/m0/s1. The van der Waals surface area contributed by atoms with Crippen LogP contribution in [0.25, 0.3) is 5.57 Å². The lowest BCUT2D eigenvalue weighted by molar-refractivity contribution is -0.137. The van der Waals surface area contributed by atoms with Crippen molar-refractivity contribution < 1.29 is 13.2 Å². The zero-order valence-electron chi connectivity index (χ0n) is 11.8. The Morgan fingerprint density at radius 1 is 1.59 bits per heavy atom. The Kier molecular flexibility index (Phi) is 4.08. The maximum absolute atomic E-state index is 13.2. The van der Waals surface area contributed by atoms with Crippen LogP contribution in [-0.2, 0) is 6.18 Å². The summed E-state index contributed by atoms with van der Waals surface area (Å²) in [4.78, 5) is 5.78. The molecule has 5 nitrogen and oxygen atoms in total. The maximum atomic E-state index is 13.2. The van der Waals surface area contributed by atoms with E-state index in [1.807, 2.05) is 6.92 Å². The molecule has 1 aromatic heterocycles. The molecule has 0 spiro atoms. The van der Waals surface area contributed by atoms with Gasteiger partial charge in [0.05, 0.1) is 11.3 Å². The molecule has 0 aromatic carbocycles. The highest BCUT2D eigenvalue weighted by molar-refractivity contribution is 6.07. The lowest BCUT2D eigenvalue weighted by atomic mass is 10.0. The second-order valence-electron chi connectivity index (χ2n) is 4.96. The monoisotopic (exact) mass is 309 g/mol. The van der Waals surface area contributed by atoms with Gasteiger partial charge in [-0.05, 0) is 19.4 Å². The number of nitrogens with two attached hydrogens (primary N) is 1. The molecule has 2 rings (SSSR count). The predicted octanol–water partition coefficient (Wildman–Crippen LogP) is 2.52. The van der Waals surface area contributed by atoms with Crippen molar-refractivity contribution in [2.24, 2.45) is 5.73 Å². The second-order valence-corrected chi connectivity index (χ2v) is 4.96. The fourth-order valence-electron chi connectivity index (χ4n) is 2.26. The van der Waals surface area contributed by atoms with E-state index in [1.165, 1.54) is 0 Å². The van der Waals surface area contributed by atoms with Gasteiger partial charge in [-0.2, -0.15) is 18.4 Å². The van der Waals surface area contributed by atoms with Gasteiger partial charge in [-0.25, -0.2) is 4.98 Å². The number of anilines is 1. The van der Waals surface area contributed by atoms with E-state index >= 15 is 0 Å². The van der Waals surface area contributed by atoms with Crippen molar-refractivity contribution in [2.45, 2.75) is 25.6 Å². The van der Waals surface area contributed by atoms with Gasteiger partial charge in [0.1, 0.15) is 17.5 Å². The first-order valence-corrected chi connectivity index (χ1v) is 6.55. The molecule has 0 bridgehead atoms. The Labute approximate surface area is 125 Å². The summed E-state index contributed by atoms with van der Waals surface area (Å²) in [6.45, 7) is 2.39. The summed E-state index contributed by atoms with van der Waals surface area (Å²) in [6.07, 6.45) is -2.02. The molecule has 3 N–H and O–H groups in total. The van der Waals surface area contributed by atoms with Crippen molar-refractivity contribution in [1.82, 2.24) is 4.98 Å². The number of nitrogens with one attached hydrogen (secondary N) is 1. The summed E-state index contributed by atoms with van der Waals surface area (Å²) in [6, 6.07) is 2.39. The molecular weight excluding hydrogens is 295 g/mol. The summed E-state index contributed by atoms with van der Waals surface area (Å²) in [7, 11) is 0. The lowest BCUT2D eigenvalue weighted by Crippen LogP contribution is -2.47. The summed E-state index contributed by atoms with van der Waals surface area (Å²) < 4.78 is 39.7. The van der Waals surface area contributed by atoms with Crippen LogP contribution in [0.1, 0.15) is 30.2 Å². The number of alkyl halides is 3. The van der Waals surface area contributed by atoms with E-state index in [0.29, 0.717) is 6.54 Å². The SMILES string of the molecule is C[C@H]1CCN1c1nc(C(C=N)=CN)cc(C(F)(F)F)c1C#N. The molecule has 1 aromatic rings. The fraction of sp³-hybridized carbons (Fsp3) is 0.357. The third-order valence-electron chi connectivity index (χ3n) is 3.64. The summed E-state index contributed by atoms with van der Waals surface area (Å²) >= 11 is 0. The van der Waals surface area contributed by atoms with Crippen LogP contribution in [0.5, 0.6) is 0 Å². The minimum absolute atomic E-state index is 0.00715. The molecule has 0 saturated carbocycles. The molecule has 8 heteroatoms. The molecular formula is C14H14F3N5. The van der Waals surface area contributed by atoms with E-state index in [9.17, 15) is 13.2 Å². The largest absolute Gasteiger partial charge is 0.417 e. The molecule has 1 saturated heterocycles. The van der Waals surface area contributed by atoms with Gasteiger partial charge in [0.15, 0.2) is 0 Å². The minimum Gasteiger partial charge on any atom is -0.404 e. The number of halogens is 3. The Balaban J connectivity index is 2.73. The van der Waals surface area contributed by atoms with Crippen molar-refractivity contribution in [3.8, 4) is 6.07 Å². The van der Waals surface area contributed by atoms with E-state index in [4.69, 9.17) is 16.4 Å². The van der Waals surface area contributed by atoms with Gasteiger partial charge >= 0.3 is 6.18 Å². The van der Waals surface area contributed by atoms with E-state index in [-0.39, 0.29) is 23.1 Å². The van der Waals surface area contributed by atoms with Crippen LogP contribution in [0.4, 0.5) is 19.0 Å². The van der Waals surface area contributed by atoms with Gasteiger partial charge in [-0.3, -0.25) is 0 Å². The molecule has 1 aliphatic heterocycles. The summed E-state index contributed by atoms with van der Waals surface area (Å²) in [5.74, 6) is -0.00715. The van der Waals surface area contributed by atoms with E-state index < -0.39 is 17.3 Å². The Hall–Kier alpha value is -2.56. The van der Waals surface area contributed by atoms with Crippen molar-refractivity contribution in [3.63, 3.8) is 0 Å². The Bertz CT molecular complexity index is 672. The van der Waals surface area contributed by atoms with Crippen molar-refractivity contribution in [1.29, 1.82) is 10.7 Å². The van der Waals surface area contributed by atoms with E-state index in [0.717, 1.165) is 24.9 Å². The van der Waals surface area contributed by atoms with Gasteiger partial charge < -0.3 is 16.0 Å². The average Bonchev–Trinajstić information content (AvgIpc) is 2.45. The summed E-state index contributed by atoms with van der Waals surface area (Å²) in [5.41, 5.74) is 3.76. The van der Waals surface area contributed by atoms with Crippen LogP contribution in [-0.4, -0.2) is 23.8 Å². The highest BCUT2D eigenvalue weighted by Crippen LogP contribution is 2.38. The van der Waals surface area contributed by atoms with E-state index in [2.05, 4.69) is 4.98 Å². The molecule has 0 radical (unpaired) electrons. The first-order valence-electron chi connectivity index (χ1n) is 6.55. The van der Waals surface area contributed by atoms with Crippen LogP contribution < -0.4 is 10.6 Å². The van der Waals surface area contributed by atoms with E-state index in [1.54, 1.807) is 11.0 Å². The van der Waals surface area contributed by atoms with Gasteiger partial charge in [0, 0.05) is 30.6 Å². The smallest absolute Gasteiger partial charge is 0.404 e. The van der Waals surface area contributed by atoms with Gasteiger partial charge in [0.2, 0.25) is 0 Å². The third-order valence-corrected chi connectivity index (χ3v) is 3.64. The average molecular weight is 309 g/mol. The third kappa shape index (κ3) is 2.62. The molecule has 1 fully saturated rings. The normalized spacial score (nSPS) is 18.6. The van der Waals surface area contributed by atoms with Crippen molar-refractivity contribution >= 4 is 17.6 Å². The van der Waals surface area contributed by atoms with Crippen LogP contribution in [0, 0.1) is 16.7 Å². The first kappa shape index (κ1) is 15.8. The summed E-state index contributed by atoms with van der Waals surface area (Å²) in [5, 5.41) is 16.4. The minimum atomic E-state index is -4.69. The van der Waals surface area contributed by atoms with Crippen molar-refractivity contribution in [3.05, 3.63) is 29.1 Å². The van der Waals surface area contributed by atoms with Gasteiger partial charge in [-0.1, -0.05) is 0 Å². The quantitative estimate of drug-likeness (QED) is 0.840. The van der Waals surface area contributed by atoms with Crippen LogP contribution in [0.15, 0.2) is 12.3 Å². The second kappa shape index (κ2) is 5.67. The highest BCUT2D eigenvalue weighted by atomic mass is 19.4. The molecule has 0 aliphatic carbocycles. The fourth-order valence-corrected chi connectivity index (χ4v) is 2.26. The molecule has 2 heterocycles. The topological polar surface area (TPSA) is 89.8 Å². The highest BCUT2D eigenvalue weighted by Gasteiger charge is 2.38. The van der Waals surface area contributed by atoms with Crippen LogP contribution >= 0.6 is 0 Å². The number of rotatable bonds is 3. The van der Waals surface area contributed by atoms with Crippen molar-refractivity contribution in [2.75, 3.05) is 11.4 Å². The molecule has 1 atom stereocenters. The predicted molar refractivity (Wildman–Crippen MR) is 76.3 cm³/mol. The molecule has 116 valence electrons. The number of hydrogen-bond donors (Lipinski definition) is 2. The molecule has 0 unspecified atom stereocenters. The lowest BCUT2D eigenvalue weighted by Gasteiger charge is -2.40. The van der Waals surface area contributed by atoms with Gasteiger partial charge in [0.25, 0.3) is 0 Å². The number of nitrogens with zero attached hydrogens (tertiary/aromatic N) is 3. The number of hydrogen-bond acceptors (Lipinski definition) is 5. The molecule has 1 aliphatic rings. The zero-order chi connectivity index (χ0) is 16.5. The molecule has 22 heavy (non-hydrogen) atoms. The maximum Gasteiger partial charge on any atom is 0.417 e. The molecule has 0 amide bonds. The Morgan fingerprint density at radius 3 is 2.64 bits per heavy atom. The van der Waals surface area contributed by atoms with Crippen LogP contribution in [0.2, 0.25) is 0 Å². The number of aromatic nitrogens is 1. The number of allylic oxidation sites excluding steroid dienone is 1. The van der Waals surface area contributed by atoms with Crippen LogP contribution in [0.3, 0.4) is 0 Å². The number of pyridine rings is 1. The van der Waals surface area contributed by atoms with Gasteiger partial charge in [-0.15, -0.1) is 0 Å².